The summed E-state index contributed by atoms with van der Waals surface area (Å²) in [7, 11) is 1.72. The van der Waals surface area contributed by atoms with Crippen LogP contribution in [-0.4, -0.2) is 24.1 Å². The smallest absolute Gasteiger partial charge is 0.180 e. The van der Waals surface area contributed by atoms with Gasteiger partial charge < -0.3 is 5.43 Å². The van der Waals surface area contributed by atoms with E-state index in [2.05, 4.69) is 20.5 Å². The number of hydrazone groups is 1. The first-order chi connectivity index (χ1) is 6.77. The second kappa shape index (κ2) is 5.34. The molecule has 0 saturated heterocycles. The zero-order chi connectivity index (χ0) is 10.4. The van der Waals surface area contributed by atoms with Crippen LogP contribution in [-0.2, 0) is 0 Å². The third kappa shape index (κ3) is 2.81. The molecule has 0 aliphatic carbocycles. The number of halogens is 1. The Balaban J connectivity index is 3.00. The second-order valence-electron chi connectivity index (χ2n) is 2.42. The normalized spacial score (nSPS) is 12.1. The highest BCUT2D eigenvalue weighted by molar-refractivity contribution is 6.29. The number of rotatable bonds is 2. The third-order valence-electron chi connectivity index (χ3n) is 1.45. The summed E-state index contributed by atoms with van der Waals surface area (Å²) >= 11 is 5.67. The molecule has 0 saturated carbocycles. The fraction of sp³-hybridized carbons (Fsp3) is 0.222. The monoisotopic (exact) mass is 210 g/mol. The van der Waals surface area contributed by atoms with Crippen LogP contribution >= 0.6 is 11.6 Å². The predicted molar refractivity (Wildman–Crippen MR) is 59.0 cm³/mol. The van der Waals surface area contributed by atoms with Gasteiger partial charge in [-0.3, -0.25) is 0 Å². The van der Waals surface area contributed by atoms with E-state index in [0.717, 1.165) is 5.56 Å². The van der Waals surface area contributed by atoms with E-state index in [9.17, 15) is 0 Å². The van der Waals surface area contributed by atoms with Crippen LogP contribution in [0.4, 0.5) is 0 Å². The van der Waals surface area contributed by atoms with Crippen LogP contribution in [0.2, 0.25) is 5.15 Å². The Hall–Kier alpha value is -1.42. The Morgan fingerprint density at radius 2 is 2.36 bits per heavy atom. The zero-order valence-electron chi connectivity index (χ0n) is 8.03. The Bertz CT molecular complexity index is 342. The number of pyridine rings is 1. The number of nitrogens with zero attached hydrogens (tertiary/aromatic N) is 3. The van der Waals surface area contributed by atoms with E-state index in [1.807, 2.05) is 13.0 Å². The average Bonchev–Trinajstić information content (AvgIpc) is 2.19. The lowest BCUT2D eigenvalue weighted by molar-refractivity contribution is 0.898. The Labute approximate surface area is 87.7 Å². The van der Waals surface area contributed by atoms with Gasteiger partial charge in [0.15, 0.2) is 5.84 Å². The average molecular weight is 211 g/mol. The van der Waals surface area contributed by atoms with E-state index in [4.69, 9.17) is 11.6 Å². The third-order valence-corrected chi connectivity index (χ3v) is 1.68. The molecule has 0 unspecified atom stereocenters. The van der Waals surface area contributed by atoms with Gasteiger partial charge in [-0.1, -0.05) is 11.6 Å². The molecule has 1 aromatic heterocycles. The molecule has 0 amide bonds. The molecular weight excluding hydrogens is 200 g/mol. The quantitative estimate of drug-likeness (QED) is 0.350. The van der Waals surface area contributed by atoms with Crippen molar-refractivity contribution in [2.24, 2.45) is 10.1 Å². The fourth-order valence-corrected chi connectivity index (χ4v) is 1.02. The van der Waals surface area contributed by atoms with E-state index in [0.29, 0.717) is 11.0 Å². The summed E-state index contributed by atoms with van der Waals surface area (Å²) < 4.78 is 0. The highest BCUT2D eigenvalue weighted by atomic mass is 35.5. The van der Waals surface area contributed by atoms with Crippen molar-refractivity contribution in [2.45, 2.75) is 6.92 Å². The van der Waals surface area contributed by atoms with Crippen molar-refractivity contribution in [2.75, 3.05) is 7.05 Å². The second-order valence-corrected chi connectivity index (χ2v) is 2.80. The van der Waals surface area contributed by atoms with Crippen LogP contribution in [0.25, 0.3) is 0 Å². The Morgan fingerprint density at radius 3 is 2.86 bits per heavy atom. The van der Waals surface area contributed by atoms with Gasteiger partial charge in [-0.2, -0.15) is 5.10 Å². The van der Waals surface area contributed by atoms with E-state index in [1.54, 1.807) is 25.5 Å². The molecule has 1 aromatic rings. The van der Waals surface area contributed by atoms with E-state index < -0.39 is 0 Å². The maximum absolute atomic E-state index is 5.67. The van der Waals surface area contributed by atoms with Crippen LogP contribution in [0.15, 0.2) is 28.4 Å². The molecule has 0 aromatic carbocycles. The first-order valence-corrected chi connectivity index (χ1v) is 4.50. The summed E-state index contributed by atoms with van der Waals surface area (Å²) in [6.45, 7) is 1.83. The van der Waals surface area contributed by atoms with Crippen LogP contribution in [0.3, 0.4) is 0 Å². The van der Waals surface area contributed by atoms with Crippen LogP contribution < -0.4 is 5.43 Å². The van der Waals surface area contributed by atoms with Crippen LogP contribution in [0.1, 0.15) is 12.5 Å². The summed E-state index contributed by atoms with van der Waals surface area (Å²) in [5.41, 5.74) is 3.50. The highest BCUT2D eigenvalue weighted by Crippen LogP contribution is 2.06. The molecule has 0 fully saturated rings. The van der Waals surface area contributed by atoms with Crippen molar-refractivity contribution in [3.63, 3.8) is 0 Å². The van der Waals surface area contributed by atoms with Crippen LogP contribution in [0.5, 0.6) is 0 Å². The fourth-order valence-electron chi connectivity index (χ4n) is 0.904. The largest absolute Gasteiger partial charge is 0.311 e. The van der Waals surface area contributed by atoms with Gasteiger partial charge in [0.05, 0.1) is 0 Å². The Kier molecular flexibility index (Phi) is 4.07. The van der Waals surface area contributed by atoms with Crippen LogP contribution in [0, 0.1) is 0 Å². The molecule has 5 heteroatoms. The van der Waals surface area contributed by atoms with Crippen molar-refractivity contribution >= 4 is 23.7 Å². The van der Waals surface area contributed by atoms with E-state index >= 15 is 0 Å². The lowest BCUT2D eigenvalue weighted by Crippen LogP contribution is -2.05. The molecule has 74 valence electrons. The molecule has 0 atom stereocenters. The van der Waals surface area contributed by atoms with E-state index in [1.165, 1.54) is 0 Å². The standard InChI is InChI=1S/C9H11ClN4/c1-3-12-9(14-11-2)7-4-5-8(10)13-6-7/h3-6,11H,1-2H3/b12-3?,14-9-. The highest BCUT2D eigenvalue weighted by Gasteiger charge is 2.00. The van der Waals surface area contributed by atoms with Crippen molar-refractivity contribution in [3.05, 3.63) is 29.0 Å². The molecule has 1 rings (SSSR count). The zero-order valence-corrected chi connectivity index (χ0v) is 8.78. The summed E-state index contributed by atoms with van der Waals surface area (Å²) in [5.74, 6) is 0.583. The van der Waals surface area contributed by atoms with Gasteiger partial charge in [-0.15, -0.1) is 0 Å². The van der Waals surface area contributed by atoms with Gasteiger partial charge in [0, 0.05) is 25.0 Å². The molecule has 0 spiro atoms. The Morgan fingerprint density at radius 1 is 1.57 bits per heavy atom. The van der Waals surface area contributed by atoms with Gasteiger partial charge in [0.25, 0.3) is 0 Å². The number of aliphatic imine (C=N–C) groups is 1. The number of nitrogens with one attached hydrogen (secondary N) is 1. The number of amidine groups is 1. The first kappa shape index (κ1) is 10.7. The topological polar surface area (TPSA) is 49.6 Å². The molecule has 1 heterocycles. The molecule has 14 heavy (non-hydrogen) atoms. The van der Waals surface area contributed by atoms with Gasteiger partial charge in [0.2, 0.25) is 0 Å². The minimum atomic E-state index is 0.457. The molecule has 4 nitrogen and oxygen atoms in total. The maximum Gasteiger partial charge on any atom is 0.180 e. The lowest BCUT2D eigenvalue weighted by Gasteiger charge is -1.99. The minimum absolute atomic E-state index is 0.457. The van der Waals surface area contributed by atoms with Gasteiger partial charge in [-0.05, 0) is 19.1 Å². The van der Waals surface area contributed by atoms with Crippen molar-refractivity contribution in [1.82, 2.24) is 10.4 Å². The number of hydrogen-bond acceptors (Lipinski definition) is 3. The summed E-state index contributed by atoms with van der Waals surface area (Å²) in [4.78, 5) is 8.04. The van der Waals surface area contributed by atoms with Crippen molar-refractivity contribution in [3.8, 4) is 0 Å². The number of hydrogen-bond donors (Lipinski definition) is 1. The van der Waals surface area contributed by atoms with Crippen molar-refractivity contribution in [1.29, 1.82) is 0 Å². The molecule has 1 N–H and O–H groups in total. The van der Waals surface area contributed by atoms with Gasteiger partial charge in [-0.25, -0.2) is 9.98 Å². The summed E-state index contributed by atoms with van der Waals surface area (Å²) in [6, 6.07) is 3.52. The lowest BCUT2D eigenvalue weighted by atomic mass is 10.3. The first-order valence-electron chi connectivity index (χ1n) is 4.13. The molecule has 0 bridgehead atoms. The SMILES string of the molecule is CC=N/C(=N\NC)c1ccc(Cl)nc1. The molecule has 0 radical (unpaired) electrons. The summed E-state index contributed by atoms with van der Waals surface area (Å²) in [5, 5.41) is 4.46. The van der Waals surface area contributed by atoms with Crippen molar-refractivity contribution < 1.29 is 0 Å². The minimum Gasteiger partial charge on any atom is -0.311 e. The maximum atomic E-state index is 5.67. The predicted octanol–water partition coefficient (Wildman–Crippen LogP) is 1.71. The molecule has 0 aliphatic heterocycles. The molecule has 0 aliphatic rings. The summed E-state index contributed by atoms with van der Waals surface area (Å²) in [6.07, 6.45) is 3.30. The van der Waals surface area contributed by atoms with Gasteiger partial charge >= 0.3 is 0 Å². The van der Waals surface area contributed by atoms with E-state index in [-0.39, 0.29) is 0 Å². The number of aromatic nitrogens is 1. The molecular formula is C9H11ClN4. The van der Waals surface area contributed by atoms with Gasteiger partial charge in [0.1, 0.15) is 5.15 Å².